The van der Waals surface area contributed by atoms with Gasteiger partial charge in [-0.3, -0.25) is 0 Å². The normalized spacial score (nSPS) is 13.3. The molecule has 0 bridgehead atoms. The van der Waals surface area contributed by atoms with Gasteiger partial charge in [0, 0.05) is 33.2 Å². The van der Waals surface area contributed by atoms with Crippen LogP contribution in [0.5, 0.6) is 0 Å². The number of benzene rings is 2. The third-order valence-corrected chi connectivity index (χ3v) is 5.21. The van der Waals surface area contributed by atoms with Crippen molar-refractivity contribution in [2.24, 2.45) is 5.10 Å². The summed E-state index contributed by atoms with van der Waals surface area (Å²) in [6, 6.07) is 8.74. The lowest BCUT2D eigenvalue weighted by Gasteiger charge is -2.27. The quantitative estimate of drug-likeness (QED) is 0.175. The molecule has 0 aliphatic rings. The van der Waals surface area contributed by atoms with Crippen molar-refractivity contribution in [1.82, 2.24) is 9.99 Å². The zero-order valence-corrected chi connectivity index (χ0v) is 17.4. The lowest BCUT2D eigenvalue weighted by molar-refractivity contribution is -0.361. The van der Waals surface area contributed by atoms with E-state index in [0.29, 0.717) is 28.6 Å². The van der Waals surface area contributed by atoms with Gasteiger partial charge in [0.2, 0.25) is 0 Å². The number of hydrazone groups is 1. The lowest BCUT2D eigenvalue weighted by atomic mass is 10.1. The Balaban J connectivity index is 1.94. The van der Waals surface area contributed by atoms with E-state index in [9.17, 15) is 30.7 Å². The molecule has 1 aromatic heterocycles. The van der Waals surface area contributed by atoms with Crippen LogP contribution in [0.15, 0.2) is 58.1 Å². The fourth-order valence-corrected chi connectivity index (χ4v) is 3.29. The molecule has 0 fully saturated rings. The molecule has 0 saturated carbocycles. The fraction of sp³-hybridized carbons (Fsp3) is 0.250. The van der Waals surface area contributed by atoms with E-state index >= 15 is 0 Å². The number of alkyl halides is 7. The number of nitrogens with one attached hydrogen (secondary N) is 1. The first-order chi connectivity index (χ1) is 14.3. The number of fused-ring (bicyclic) bond motifs is 1. The fourth-order valence-electron chi connectivity index (χ4n) is 3.02. The summed E-state index contributed by atoms with van der Waals surface area (Å²) < 4.78 is 92.4. The molecule has 0 radical (unpaired) electrons. The minimum Gasteiger partial charge on any atom is -0.340 e. The van der Waals surface area contributed by atoms with Crippen molar-refractivity contribution in [3.8, 4) is 0 Å². The zero-order valence-electron chi connectivity index (χ0n) is 15.8. The summed E-state index contributed by atoms with van der Waals surface area (Å²) in [4.78, 5) is 0. The molecule has 1 N–H and O–H groups in total. The minimum atomic E-state index is -6.43. The van der Waals surface area contributed by atoms with Gasteiger partial charge in [-0.1, -0.05) is 46.3 Å². The molecule has 3 rings (SSSR count). The van der Waals surface area contributed by atoms with Crippen molar-refractivity contribution in [2.75, 3.05) is 0 Å². The molecule has 3 nitrogen and oxygen atoms in total. The largest absolute Gasteiger partial charge is 0.462 e. The summed E-state index contributed by atoms with van der Waals surface area (Å²) >= 11 is 3.34. The molecule has 0 atom stereocenters. The van der Waals surface area contributed by atoms with Gasteiger partial charge in [0.05, 0.1) is 6.21 Å². The Bertz CT molecular complexity index is 1100. The Kier molecular flexibility index (Phi) is 6.09. The maximum absolute atomic E-state index is 13.4. The van der Waals surface area contributed by atoms with Gasteiger partial charge in [-0.05, 0) is 30.7 Å². The average Bonchev–Trinajstić information content (AvgIpc) is 2.94. The monoisotopic (exact) mass is 509 g/mol. The van der Waals surface area contributed by atoms with E-state index in [0.717, 1.165) is 21.8 Å². The predicted molar refractivity (Wildman–Crippen MR) is 107 cm³/mol. The topological polar surface area (TPSA) is 29.3 Å². The molecule has 1 heterocycles. The second kappa shape index (κ2) is 8.18. The van der Waals surface area contributed by atoms with E-state index in [-0.39, 0.29) is 0 Å². The Morgan fingerprint density at radius 1 is 0.968 bits per heavy atom. The van der Waals surface area contributed by atoms with E-state index in [1.807, 2.05) is 28.8 Å². The highest BCUT2D eigenvalue weighted by Crippen LogP contribution is 2.45. The van der Waals surface area contributed by atoms with Crippen molar-refractivity contribution < 1.29 is 30.7 Å². The summed E-state index contributed by atoms with van der Waals surface area (Å²) in [5, 5.41) is 3.59. The van der Waals surface area contributed by atoms with Crippen LogP contribution < -0.4 is 5.43 Å². The van der Waals surface area contributed by atoms with Crippen LogP contribution in [0.3, 0.4) is 0 Å². The van der Waals surface area contributed by atoms with Gasteiger partial charge in [0.15, 0.2) is 0 Å². The van der Waals surface area contributed by atoms with Crippen LogP contribution in [0.1, 0.15) is 16.8 Å². The number of halogens is 8. The number of aromatic nitrogens is 1. The van der Waals surface area contributed by atoms with E-state index in [2.05, 4.69) is 21.0 Å². The van der Waals surface area contributed by atoms with Crippen molar-refractivity contribution in [1.29, 1.82) is 0 Å². The number of nitrogens with zero attached hydrogens (tertiary/aromatic N) is 2. The second-order valence-corrected chi connectivity index (χ2v) is 7.66. The van der Waals surface area contributed by atoms with E-state index < -0.39 is 18.1 Å². The highest BCUT2D eigenvalue weighted by Gasteiger charge is 2.73. The highest BCUT2D eigenvalue weighted by atomic mass is 79.9. The van der Waals surface area contributed by atoms with Gasteiger partial charge in [-0.15, -0.1) is 0 Å². The first kappa shape index (κ1) is 23.1. The molecule has 0 unspecified atom stereocenters. The second-order valence-electron chi connectivity index (χ2n) is 6.75. The Hall–Kier alpha value is -2.56. The number of rotatable bonds is 6. The van der Waals surface area contributed by atoms with Crippen molar-refractivity contribution in [2.45, 2.75) is 31.6 Å². The molecular formula is C20H15BrF7N3. The van der Waals surface area contributed by atoms with Crippen LogP contribution in [0.2, 0.25) is 0 Å². The number of para-hydroxylation sites is 1. The molecule has 0 aliphatic heterocycles. The van der Waals surface area contributed by atoms with Gasteiger partial charge in [-0.2, -0.15) is 35.8 Å². The number of hydrogen-bond donors (Lipinski definition) is 1. The third kappa shape index (κ3) is 4.41. The number of hydrogen-bond acceptors (Lipinski definition) is 2. The SMILES string of the molecule is Cc1c(/C=N/NC(F)(F)C(F)(F)C(F)(F)F)c2ccccc2n1Cc1ccc(Br)cc1. The first-order valence-corrected chi connectivity index (χ1v) is 9.59. The molecule has 11 heteroatoms. The van der Waals surface area contributed by atoms with Gasteiger partial charge in [-0.25, -0.2) is 5.43 Å². The molecule has 3 aromatic rings. The third-order valence-electron chi connectivity index (χ3n) is 4.68. The van der Waals surface area contributed by atoms with E-state index in [1.165, 1.54) is 0 Å². The molecule has 166 valence electrons. The van der Waals surface area contributed by atoms with Crippen molar-refractivity contribution in [3.63, 3.8) is 0 Å². The molecule has 31 heavy (non-hydrogen) atoms. The lowest BCUT2D eigenvalue weighted by Crippen LogP contribution is -2.58. The summed E-state index contributed by atoms with van der Waals surface area (Å²) in [5.41, 5.74) is 3.20. The maximum Gasteiger partial charge on any atom is 0.462 e. The van der Waals surface area contributed by atoms with Crippen LogP contribution in [-0.2, 0) is 6.54 Å². The Morgan fingerprint density at radius 3 is 2.19 bits per heavy atom. The smallest absolute Gasteiger partial charge is 0.340 e. The van der Waals surface area contributed by atoms with Gasteiger partial charge >= 0.3 is 18.1 Å². The molecule has 0 aliphatic carbocycles. The highest BCUT2D eigenvalue weighted by molar-refractivity contribution is 9.10. The molecule has 2 aromatic carbocycles. The van der Waals surface area contributed by atoms with E-state index in [4.69, 9.17) is 0 Å². The zero-order chi connectivity index (χ0) is 23.0. The van der Waals surface area contributed by atoms with Crippen LogP contribution >= 0.6 is 15.9 Å². The summed E-state index contributed by atoms with van der Waals surface area (Å²) in [6.45, 7) is 2.09. The average molecular weight is 510 g/mol. The van der Waals surface area contributed by atoms with Crippen LogP contribution in [0.25, 0.3) is 10.9 Å². The van der Waals surface area contributed by atoms with Gasteiger partial charge < -0.3 is 4.57 Å². The summed E-state index contributed by atoms with van der Waals surface area (Å²) in [6.07, 6.45) is -5.62. The van der Waals surface area contributed by atoms with Crippen molar-refractivity contribution in [3.05, 3.63) is 69.8 Å². The van der Waals surface area contributed by atoms with Crippen LogP contribution in [-0.4, -0.2) is 28.9 Å². The van der Waals surface area contributed by atoms with E-state index in [1.54, 1.807) is 31.2 Å². The standard InChI is InChI=1S/C20H15BrF7N3/c1-12-16(10-29-30-20(27,28)18(22,23)19(24,25)26)15-4-2-3-5-17(15)31(12)11-13-6-8-14(21)9-7-13/h2-10,30H,11H2,1H3/b29-10+. The Labute approximate surface area is 180 Å². The summed E-state index contributed by atoms with van der Waals surface area (Å²) in [5.74, 6) is -6.29. The molecular weight excluding hydrogens is 495 g/mol. The summed E-state index contributed by atoms with van der Waals surface area (Å²) in [7, 11) is 0. The predicted octanol–water partition coefficient (Wildman–Crippen LogP) is 6.47. The van der Waals surface area contributed by atoms with Crippen LogP contribution in [0.4, 0.5) is 30.7 Å². The molecule has 0 spiro atoms. The van der Waals surface area contributed by atoms with Gasteiger partial charge in [0.25, 0.3) is 0 Å². The maximum atomic E-state index is 13.4. The molecule has 0 saturated heterocycles. The van der Waals surface area contributed by atoms with Crippen molar-refractivity contribution >= 4 is 33.0 Å². The Morgan fingerprint density at radius 2 is 1.58 bits per heavy atom. The minimum absolute atomic E-state index is 0.311. The van der Waals surface area contributed by atoms with Crippen LogP contribution in [0, 0.1) is 6.92 Å². The van der Waals surface area contributed by atoms with Gasteiger partial charge in [0.1, 0.15) is 0 Å². The molecule has 0 amide bonds. The first-order valence-electron chi connectivity index (χ1n) is 8.80.